The third-order valence-corrected chi connectivity index (χ3v) is 6.06. The molecule has 9 heteroatoms. The smallest absolute Gasteiger partial charge is 0.253 e. The Balaban J connectivity index is 1.13. The van der Waals surface area contributed by atoms with Crippen molar-refractivity contribution >= 4 is 40.2 Å². The summed E-state index contributed by atoms with van der Waals surface area (Å²) in [5.41, 5.74) is 3.62. The van der Waals surface area contributed by atoms with E-state index in [4.69, 9.17) is 0 Å². The second-order valence-electron chi connectivity index (χ2n) is 8.53. The van der Waals surface area contributed by atoms with Crippen LogP contribution in [-0.4, -0.2) is 49.7 Å². The van der Waals surface area contributed by atoms with Crippen LogP contribution < -0.4 is 10.6 Å². The van der Waals surface area contributed by atoms with Crippen LogP contribution in [0, 0.1) is 5.92 Å². The van der Waals surface area contributed by atoms with Crippen molar-refractivity contribution in [1.29, 1.82) is 0 Å². The average Bonchev–Trinajstić information content (AvgIpc) is 2.89. The van der Waals surface area contributed by atoms with Gasteiger partial charge in [0.1, 0.15) is 0 Å². The molecule has 1 aliphatic rings. The SMILES string of the molecule is O=C(CC1CCN(C(=O)c2cccc(Nc3ncccn3)c2)CC1)Nc1ccc2nccnc2c1. The molecule has 3 heterocycles. The molecule has 2 amide bonds. The van der Waals surface area contributed by atoms with Gasteiger partial charge in [-0.2, -0.15) is 0 Å². The second-order valence-corrected chi connectivity index (χ2v) is 8.53. The average molecular weight is 468 g/mol. The fourth-order valence-electron chi connectivity index (χ4n) is 4.26. The van der Waals surface area contributed by atoms with Gasteiger partial charge in [0.05, 0.1) is 11.0 Å². The van der Waals surface area contributed by atoms with Crippen molar-refractivity contribution in [2.24, 2.45) is 5.92 Å². The molecule has 0 radical (unpaired) electrons. The van der Waals surface area contributed by atoms with E-state index in [1.165, 1.54) is 0 Å². The van der Waals surface area contributed by atoms with Crippen LogP contribution in [0.5, 0.6) is 0 Å². The Bertz CT molecular complexity index is 1340. The lowest BCUT2D eigenvalue weighted by Gasteiger charge is -2.32. The van der Waals surface area contributed by atoms with E-state index in [1.54, 1.807) is 30.9 Å². The first-order valence-electron chi connectivity index (χ1n) is 11.6. The number of nitrogens with zero attached hydrogens (tertiary/aromatic N) is 5. The summed E-state index contributed by atoms with van der Waals surface area (Å²) in [5, 5.41) is 6.08. The van der Waals surface area contributed by atoms with Gasteiger partial charge in [-0.05, 0) is 61.2 Å². The number of benzene rings is 2. The third kappa shape index (κ3) is 5.57. The van der Waals surface area contributed by atoms with Crippen molar-refractivity contribution in [2.45, 2.75) is 19.3 Å². The lowest BCUT2D eigenvalue weighted by Crippen LogP contribution is -2.39. The molecule has 35 heavy (non-hydrogen) atoms. The summed E-state index contributed by atoms with van der Waals surface area (Å²) < 4.78 is 0. The number of hydrogen-bond donors (Lipinski definition) is 2. The Morgan fingerprint density at radius 2 is 1.60 bits per heavy atom. The molecule has 0 atom stereocenters. The predicted molar refractivity (Wildman–Crippen MR) is 133 cm³/mol. The monoisotopic (exact) mass is 467 g/mol. The summed E-state index contributed by atoms with van der Waals surface area (Å²) in [6.07, 6.45) is 8.60. The van der Waals surface area contributed by atoms with Crippen LogP contribution in [0.2, 0.25) is 0 Å². The van der Waals surface area contributed by atoms with E-state index in [9.17, 15) is 9.59 Å². The number of rotatable bonds is 6. The zero-order valence-electron chi connectivity index (χ0n) is 19.1. The van der Waals surface area contributed by atoms with Crippen molar-refractivity contribution in [2.75, 3.05) is 23.7 Å². The predicted octanol–water partition coefficient (Wildman–Crippen LogP) is 4.04. The van der Waals surface area contributed by atoms with Gasteiger partial charge in [0.25, 0.3) is 5.91 Å². The van der Waals surface area contributed by atoms with Gasteiger partial charge >= 0.3 is 0 Å². The summed E-state index contributed by atoms with van der Waals surface area (Å²) in [7, 11) is 0. The number of anilines is 3. The molecule has 0 bridgehead atoms. The molecule has 0 unspecified atom stereocenters. The highest BCUT2D eigenvalue weighted by Gasteiger charge is 2.25. The molecular formula is C26H25N7O2. The number of fused-ring (bicyclic) bond motifs is 1. The van der Waals surface area contributed by atoms with Gasteiger partial charge in [0.15, 0.2) is 0 Å². The number of amides is 2. The number of likely N-dealkylation sites (tertiary alicyclic amines) is 1. The van der Waals surface area contributed by atoms with Crippen LogP contribution in [0.15, 0.2) is 73.3 Å². The summed E-state index contributed by atoms with van der Waals surface area (Å²) >= 11 is 0. The van der Waals surface area contributed by atoms with Gasteiger partial charge in [-0.3, -0.25) is 19.6 Å². The quantitative estimate of drug-likeness (QED) is 0.440. The molecule has 0 aliphatic carbocycles. The Hall–Kier alpha value is -4.40. The molecule has 0 spiro atoms. The Morgan fingerprint density at radius 1 is 0.829 bits per heavy atom. The molecule has 1 aliphatic heterocycles. The van der Waals surface area contributed by atoms with Crippen LogP contribution >= 0.6 is 0 Å². The van der Waals surface area contributed by atoms with Gasteiger partial charge in [0, 0.05) is 61.2 Å². The second kappa shape index (κ2) is 10.3. The van der Waals surface area contributed by atoms with Crippen molar-refractivity contribution in [3.63, 3.8) is 0 Å². The Kier molecular flexibility index (Phi) is 6.56. The van der Waals surface area contributed by atoms with Gasteiger partial charge in [-0.15, -0.1) is 0 Å². The minimum absolute atomic E-state index is 0.0113. The summed E-state index contributed by atoms with van der Waals surface area (Å²) in [4.78, 5) is 44.3. The number of hydrogen-bond acceptors (Lipinski definition) is 7. The molecule has 2 N–H and O–H groups in total. The van der Waals surface area contributed by atoms with Gasteiger partial charge in [-0.1, -0.05) is 6.07 Å². The van der Waals surface area contributed by atoms with Crippen molar-refractivity contribution in [1.82, 2.24) is 24.8 Å². The Labute approximate surface area is 202 Å². The highest BCUT2D eigenvalue weighted by molar-refractivity contribution is 5.95. The summed E-state index contributed by atoms with van der Waals surface area (Å²) in [6, 6.07) is 14.6. The summed E-state index contributed by atoms with van der Waals surface area (Å²) in [6.45, 7) is 1.25. The minimum atomic E-state index is -0.0278. The molecule has 5 rings (SSSR count). The van der Waals surface area contributed by atoms with Crippen LogP contribution in [0.4, 0.5) is 17.3 Å². The lowest BCUT2D eigenvalue weighted by molar-refractivity contribution is -0.117. The van der Waals surface area contributed by atoms with E-state index in [0.717, 1.165) is 29.6 Å². The number of piperidine rings is 1. The van der Waals surface area contributed by atoms with Gasteiger partial charge in [-0.25, -0.2) is 9.97 Å². The summed E-state index contributed by atoms with van der Waals surface area (Å²) in [5.74, 6) is 0.679. The first kappa shape index (κ1) is 22.4. The fourth-order valence-corrected chi connectivity index (χ4v) is 4.26. The van der Waals surface area contributed by atoms with E-state index >= 15 is 0 Å². The molecular weight excluding hydrogens is 442 g/mol. The normalized spacial score (nSPS) is 14.0. The Morgan fingerprint density at radius 3 is 2.40 bits per heavy atom. The molecule has 2 aromatic heterocycles. The highest BCUT2D eigenvalue weighted by Crippen LogP contribution is 2.24. The van der Waals surface area contributed by atoms with E-state index < -0.39 is 0 Å². The highest BCUT2D eigenvalue weighted by atomic mass is 16.2. The van der Waals surface area contributed by atoms with E-state index in [1.807, 2.05) is 47.4 Å². The fraction of sp³-hybridized carbons (Fsp3) is 0.231. The number of nitrogens with one attached hydrogen (secondary N) is 2. The standard InChI is InChI=1S/C26H25N7O2/c34-24(31-21-5-6-22-23(17-21)28-12-11-27-22)15-18-7-13-33(14-8-18)25(35)19-3-1-4-20(16-19)32-26-29-9-2-10-30-26/h1-6,9-12,16-18H,7-8,13-15H2,(H,31,34)(H,29,30,32). The molecule has 176 valence electrons. The maximum atomic E-state index is 13.1. The molecule has 0 saturated carbocycles. The number of carbonyl (C=O) groups is 2. The molecule has 1 saturated heterocycles. The largest absolute Gasteiger partial charge is 0.339 e. The molecule has 2 aromatic carbocycles. The topological polar surface area (TPSA) is 113 Å². The first-order valence-corrected chi connectivity index (χ1v) is 11.6. The molecule has 4 aromatic rings. The van der Waals surface area contributed by atoms with Crippen molar-refractivity contribution < 1.29 is 9.59 Å². The van der Waals surface area contributed by atoms with Crippen LogP contribution in [0.1, 0.15) is 29.6 Å². The maximum Gasteiger partial charge on any atom is 0.253 e. The van der Waals surface area contributed by atoms with E-state index in [-0.39, 0.29) is 17.7 Å². The molecule has 1 fully saturated rings. The number of carbonyl (C=O) groups excluding carboxylic acids is 2. The molecule has 9 nitrogen and oxygen atoms in total. The lowest BCUT2D eigenvalue weighted by atomic mass is 9.92. The zero-order valence-corrected chi connectivity index (χ0v) is 19.1. The maximum absolute atomic E-state index is 13.1. The van der Waals surface area contributed by atoms with Gasteiger partial charge < -0.3 is 15.5 Å². The van der Waals surface area contributed by atoms with Crippen molar-refractivity contribution in [3.05, 3.63) is 78.9 Å². The first-order chi connectivity index (χ1) is 17.1. The van der Waals surface area contributed by atoms with Gasteiger partial charge in [0.2, 0.25) is 11.9 Å². The van der Waals surface area contributed by atoms with Crippen molar-refractivity contribution in [3.8, 4) is 0 Å². The van der Waals surface area contributed by atoms with Crippen LogP contribution in [-0.2, 0) is 4.79 Å². The van der Waals surface area contributed by atoms with Crippen LogP contribution in [0.25, 0.3) is 11.0 Å². The van der Waals surface area contributed by atoms with E-state index in [2.05, 4.69) is 30.6 Å². The van der Waals surface area contributed by atoms with E-state index in [0.29, 0.717) is 36.7 Å². The minimum Gasteiger partial charge on any atom is -0.339 e. The number of aromatic nitrogens is 4. The van der Waals surface area contributed by atoms with Crippen LogP contribution in [0.3, 0.4) is 0 Å². The third-order valence-electron chi connectivity index (χ3n) is 6.06. The zero-order chi connectivity index (χ0) is 24.0.